The number of benzene rings is 1. The second-order valence-electron chi connectivity index (χ2n) is 2.61. The molecule has 0 amide bonds. The van der Waals surface area contributed by atoms with E-state index in [0.29, 0.717) is 6.07 Å². The Kier molecular flexibility index (Phi) is 4.31. The van der Waals surface area contributed by atoms with Crippen LogP contribution in [0.15, 0.2) is 23.1 Å². The highest BCUT2D eigenvalue weighted by Crippen LogP contribution is 2.32. The molecule has 0 saturated heterocycles. The minimum atomic E-state index is -4.90. The second-order valence-corrected chi connectivity index (χ2v) is 4.04. The van der Waals surface area contributed by atoms with Gasteiger partial charge in [-0.2, -0.15) is 21.6 Å². The van der Waals surface area contributed by atoms with Crippen LogP contribution in [-0.4, -0.2) is 13.0 Å². The number of hydrogen-bond acceptors (Lipinski definition) is 2. The fourth-order valence-corrected chi connectivity index (χ4v) is 1.38. The van der Waals surface area contributed by atoms with Crippen LogP contribution in [0.5, 0.6) is 0 Å². The molecular weight excluding hydrogens is 276 g/mol. The third-order valence-electron chi connectivity index (χ3n) is 1.54. The van der Waals surface area contributed by atoms with Crippen molar-refractivity contribution in [1.82, 2.24) is 0 Å². The quantitative estimate of drug-likeness (QED) is 0.635. The van der Waals surface area contributed by atoms with Crippen molar-refractivity contribution < 1.29 is 30.5 Å². The number of rotatable bonds is 1. The number of halogens is 5. The van der Waals surface area contributed by atoms with Crippen LogP contribution >= 0.6 is 12.4 Å². The normalized spacial score (nSPS) is 12.1. The van der Waals surface area contributed by atoms with Gasteiger partial charge in [-0.3, -0.25) is 4.55 Å². The summed E-state index contributed by atoms with van der Waals surface area (Å²) >= 11 is 0. The topological polar surface area (TPSA) is 54.4 Å². The fourth-order valence-electron chi connectivity index (χ4n) is 0.886. The van der Waals surface area contributed by atoms with E-state index in [4.69, 9.17) is 4.55 Å². The van der Waals surface area contributed by atoms with Crippen molar-refractivity contribution in [2.75, 3.05) is 0 Å². The zero-order chi connectivity index (χ0) is 11.9. The summed E-state index contributed by atoms with van der Waals surface area (Å²) in [6.07, 6.45) is -4.90. The Labute approximate surface area is 94.2 Å². The molecule has 0 atom stereocenters. The van der Waals surface area contributed by atoms with Crippen LogP contribution < -0.4 is 0 Å². The van der Waals surface area contributed by atoms with Crippen LogP contribution in [0.25, 0.3) is 0 Å². The van der Waals surface area contributed by atoms with Crippen molar-refractivity contribution in [3.63, 3.8) is 0 Å². The van der Waals surface area contributed by atoms with Crippen LogP contribution in [-0.2, 0) is 16.3 Å². The van der Waals surface area contributed by atoms with Gasteiger partial charge >= 0.3 is 6.18 Å². The Balaban J connectivity index is 0.00000225. The molecule has 0 aliphatic carbocycles. The predicted molar refractivity (Wildman–Crippen MR) is 48.5 cm³/mol. The molecule has 1 N–H and O–H groups in total. The zero-order valence-corrected chi connectivity index (χ0v) is 8.96. The molecule has 0 fully saturated rings. The molecule has 16 heavy (non-hydrogen) atoms. The van der Waals surface area contributed by atoms with Gasteiger partial charge in [0, 0.05) is 0 Å². The largest absolute Gasteiger partial charge is 0.419 e. The number of hydrogen-bond donors (Lipinski definition) is 1. The van der Waals surface area contributed by atoms with Gasteiger partial charge in [0.2, 0.25) is 0 Å². The standard InChI is InChI=1S/C7H4F4O3S.ClH/c8-6-3-4(15(12,13)14)1-2-5(6)7(9,10)11;/h1-3H,(H,12,13,14);1H. The van der Waals surface area contributed by atoms with E-state index in [2.05, 4.69) is 0 Å². The van der Waals surface area contributed by atoms with Crippen molar-refractivity contribution in [2.24, 2.45) is 0 Å². The number of alkyl halides is 3. The van der Waals surface area contributed by atoms with E-state index >= 15 is 0 Å². The Morgan fingerprint density at radius 3 is 2.00 bits per heavy atom. The molecule has 3 nitrogen and oxygen atoms in total. The SMILES string of the molecule is Cl.O=S(=O)(O)c1ccc(C(F)(F)F)c(F)c1. The van der Waals surface area contributed by atoms with Gasteiger partial charge in [0.05, 0.1) is 10.5 Å². The Hall–Kier alpha value is -0.860. The lowest BCUT2D eigenvalue weighted by molar-refractivity contribution is -0.140. The molecule has 0 bridgehead atoms. The molecule has 0 radical (unpaired) electrons. The molecule has 0 aliphatic rings. The maximum absolute atomic E-state index is 12.8. The first-order valence-electron chi connectivity index (χ1n) is 3.46. The molecule has 0 heterocycles. The van der Waals surface area contributed by atoms with Crippen LogP contribution in [0.1, 0.15) is 5.56 Å². The minimum Gasteiger partial charge on any atom is -0.282 e. The van der Waals surface area contributed by atoms with E-state index in [1.165, 1.54) is 0 Å². The Morgan fingerprint density at radius 2 is 1.69 bits per heavy atom. The van der Waals surface area contributed by atoms with Gasteiger partial charge in [0.15, 0.2) is 0 Å². The first kappa shape index (κ1) is 15.1. The summed E-state index contributed by atoms with van der Waals surface area (Å²) in [7, 11) is -4.69. The lowest BCUT2D eigenvalue weighted by Gasteiger charge is -2.07. The zero-order valence-electron chi connectivity index (χ0n) is 7.32. The maximum atomic E-state index is 12.8. The van der Waals surface area contributed by atoms with Gasteiger partial charge in [0.25, 0.3) is 10.1 Å². The van der Waals surface area contributed by atoms with E-state index in [1.807, 2.05) is 0 Å². The summed E-state index contributed by atoms with van der Waals surface area (Å²) in [6.45, 7) is 0. The molecule has 9 heteroatoms. The third kappa shape index (κ3) is 3.32. The van der Waals surface area contributed by atoms with E-state index in [9.17, 15) is 26.0 Å². The summed E-state index contributed by atoms with van der Waals surface area (Å²) < 4.78 is 78.2. The average molecular weight is 281 g/mol. The average Bonchev–Trinajstić information content (AvgIpc) is 1.99. The first-order chi connectivity index (χ1) is 6.62. The van der Waals surface area contributed by atoms with Crippen LogP contribution in [0.3, 0.4) is 0 Å². The van der Waals surface area contributed by atoms with Crippen LogP contribution in [0.2, 0.25) is 0 Å². The van der Waals surface area contributed by atoms with Crippen LogP contribution in [0, 0.1) is 5.82 Å². The molecule has 0 aromatic heterocycles. The van der Waals surface area contributed by atoms with Crippen molar-refractivity contribution >= 4 is 22.5 Å². The summed E-state index contributed by atoms with van der Waals surface area (Å²) in [5.41, 5.74) is -1.59. The first-order valence-corrected chi connectivity index (χ1v) is 4.90. The summed E-state index contributed by atoms with van der Waals surface area (Å²) in [5, 5.41) is 0. The molecule has 1 aromatic carbocycles. The van der Waals surface area contributed by atoms with Gasteiger partial charge in [-0.1, -0.05) is 0 Å². The monoisotopic (exact) mass is 280 g/mol. The highest BCUT2D eigenvalue weighted by molar-refractivity contribution is 7.85. The molecular formula is C7H5ClF4O3S. The van der Waals surface area contributed by atoms with Gasteiger partial charge in [-0.15, -0.1) is 12.4 Å². The van der Waals surface area contributed by atoms with E-state index < -0.39 is 32.6 Å². The lowest BCUT2D eigenvalue weighted by Crippen LogP contribution is -2.09. The minimum absolute atomic E-state index is 0. The van der Waals surface area contributed by atoms with E-state index in [-0.39, 0.29) is 24.5 Å². The second kappa shape index (κ2) is 4.56. The fraction of sp³-hybridized carbons (Fsp3) is 0.143. The summed E-state index contributed by atoms with van der Waals surface area (Å²) in [6, 6.07) is 0.831. The molecule has 92 valence electrons. The van der Waals surface area contributed by atoms with Gasteiger partial charge in [-0.25, -0.2) is 4.39 Å². The van der Waals surface area contributed by atoms with Crippen molar-refractivity contribution in [3.8, 4) is 0 Å². The van der Waals surface area contributed by atoms with E-state index in [0.717, 1.165) is 0 Å². The van der Waals surface area contributed by atoms with Gasteiger partial charge in [-0.05, 0) is 18.2 Å². The third-order valence-corrected chi connectivity index (χ3v) is 2.39. The predicted octanol–water partition coefficient (Wildman–Crippen LogP) is 2.51. The Morgan fingerprint density at radius 1 is 1.19 bits per heavy atom. The highest BCUT2D eigenvalue weighted by atomic mass is 35.5. The smallest absolute Gasteiger partial charge is 0.282 e. The van der Waals surface area contributed by atoms with Crippen molar-refractivity contribution in [1.29, 1.82) is 0 Å². The van der Waals surface area contributed by atoms with Crippen LogP contribution in [0.4, 0.5) is 17.6 Å². The van der Waals surface area contributed by atoms with Gasteiger partial charge < -0.3 is 0 Å². The maximum Gasteiger partial charge on any atom is 0.419 e. The van der Waals surface area contributed by atoms with E-state index in [1.54, 1.807) is 0 Å². The summed E-state index contributed by atoms with van der Waals surface area (Å²) in [4.78, 5) is -0.923. The molecule has 1 rings (SSSR count). The van der Waals surface area contributed by atoms with Crippen molar-refractivity contribution in [2.45, 2.75) is 11.1 Å². The summed E-state index contributed by atoms with van der Waals surface area (Å²) in [5.74, 6) is -1.75. The lowest BCUT2D eigenvalue weighted by atomic mass is 10.2. The molecule has 0 aliphatic heterocycles. The molecule has 1 aromatic rings. The molecule has 0 unspecified atom stereocenters. The van der Waals surface area contributed by atoms with Crippen molar-refractivity contribution in [3.05, 3.63) is 29.6 Å². The van der Waals surface area contributed by atoms with Gasteiger partial charge in [0.1, 0.15) is 5.82 Å². The molecule has 0 saturated carbocycles. The molecule has 0 spiro atoms. The highest BCUT2D eigenvalue weighted by Gasteiger charge is 2.34. The Bertz CT molecular complexity index is 483.